The highest BCUT2D eigenvalue weighted by molar-refractivity contribution is 5.93. The molecule has 3 aromatic rings. The van der Waals surface area contributed by atoms with Gasteiger partial charge in [0.15, 0.2) is 11.5 Å². The number of carbonyl (C=O) groups is 1. The minimum atomic E-state index is -0.125. The van der Waals surface area contributed by atoms with Crippen molar-refractivity contribution in [3.63, 3.8) is 0 Å². The van der Waals surface area contributed by atoms with E-state index in [1.165, 1.54) is 5.56 Å². The van der Waals surface area contributed by atoms with E-state index in [4.69, 9.17) is 9.47 Å². The number of anilines is 2. The van der Waals surface area contributed by atoms with Crippen molar-refractivity contribution in [1.82, 2.24) is 9.97 Å². The summed E-state index contributed by atoms with van der Waals surface area (Å²) in [4.78, 5) is 24.1. The van der Waals surface area contributed by atoms with Crippen LogP contribution >= 0.6 is 0 Å². The second kappa shape index (κ2) is 8.26. The standard InChI is InChI=1S/C24H24N4O3/c1-16-4-6-17(7-5-16)19-12-25-24(26-13-19)28-10-2-3-18(14-28)23(29)27-20-8-9-21-22(11-20)31-15-30-21/h4-9,11-13,18H,2-3,10,14-15H2,1H3,(H,27,29)/t18-/m1/s1. The van der Waals surface area contributed by atoms with Crippen LogP contribution in [-0.4, -0.2) is 35.8 Å². The lowest BCUT2D eigenvalue weighted by Gasteiger charge is -2.32. The molecule has 2 aromatic carbocycles. The Labute approximate surface area is 181 Å². The van der Waals surface area contributed by atoms with Gasteiger partial charge >= 0.3 is 0 Å². The van der Waals surface area contributed by atoms with Crippen molar-refractivity contribution in [2.45, 2.75) is 19.8 Å². The molecule has 7 heteroatoms. The number of nitrogens with one attached hydrogen (secondary N) is 1. The third kappa shape index (κ3) is 4.17. The molecular weight excluding hydrogens is 392 g/mol. The van der Waals surface area contributed by atoms with Crippen LogP contribution in [0.25, 0.3) is 11.1 Å². The number of benzene rings is 2. The molecule has 5 rings (SSSR count). The van der Waals surface area contributed by atoms with Gasteiger partial charge in [-0.1, -0.05) is 29.8 Å². The number of aromatic nitrogens is 2. The van der Waals surface area contributed by atoms with Crippen LogP contribution in [0.15, 0.2) is 54.9 Å². The molecule has 3 heterocycles. The molecule has 0 spiro atoms. The van der Waals surface area contributed by atoms with E-state index in [2.05, 4.69) is 51.4 Å². The Kier molecular flexibility index (Phi) is 5.16. The van der Waals surface area contributed by atoms with E-state index >= 15 is 0 Å². The second-order valence-electron chi connectivity index (χ2n) is 7.98. The van der Waals surface area contributed by atoms with Crippen molar-refractivity contribution in [1.29, 1.82) is 0 Å². The molecule has 158 valence electrons. The van der Waals surface area contributed by atoms with Crippen LogP contribution in [0.2, 0.25) is 0 Å². The Morgan fingerprint density at radius 1 is 1.03 bits per heavy atom. The van der Waals surface area contributed by atoms with Crippen LogP contribution in [-0.2, 0) is 4.79 Å². The largest absolute Gasteiger partial charge is 0.454 e. The number of amides is 1. The lowest BCUT2D eigenvalue weighted by atomic mass is 9.97. The average Bonchev–Trinajstić information content (AvgIpc) is 3.28. The molecule has 1 atom stereocenters. The summed E-state index contributed by atoms with van der Waals surface area (Å²) in [5, 5.41) is 3.01. The molecule has 1 saturated heterocycles. The summed E-state index contributed by atoms with van der Waals surface area (Å²) in [5.41, 5.74) is 4.01. The summed E-state index contributed by atoms with van der Waals surface area (Å²) >= 11 is 0. The average molecular weight is 416 g/mol. The van der Waals surface area contributed by atoms with Gasteiger partial charge in [-0.25, -0.2) is 9.97 Å². The number of hydrogen-bond donors (Lipinski definition) is 1. The van der Waals surface area contributed by atoms with E-state index in [9.17, 15) is 4.79 Å². The van der Waals surface area contributed by atoms with Crippen LogP contribution in [0.5, 0.6) is 11.5 Å². The first-order valence-corrected chi connectivity index (χ1v) is 10.5. The Bertz CT molecular complexity index is 1080. The van der Waals surface area contributed by atoms with Crippen LogP contribution in [0, 0.1) is 12.8 Å². The monoisotopic (exact) mass is 416 g/mol. The van der Waals surface area contributed by atoms with Gasteiger partial charge in [0.05, 0.1) is 5.92 Å². The van der Waals surface area contributed by atoms with Gasteiger partial charge in [0, 0.05) is 42.8 Å². The smallest absolute Gasteiger partial charge is 0.231 e. The number of aryl methyl sites for hydroxylation is 1. The van der Waals surface area contributed by atoms with E-state index in [0.717, 1.165) is 30.5 Å². The highest BCUT2D eigenvalue weighted by atomic mass is 16.7. The maximum Gasteiger partial charge on any atom is 0.231 e. The summed E-state index contributed by atoms with van der Waals surface area (Å²) in [6.45, 7) is 3.73. The molecular formula is C24H24N4O3. The van der Waals surface area contributed by atoms with Crippen molar-refractivity contribution < 1.29 is 14.3 Å². The highest BCUT2D eigenvalue weighted by Gasteiger charge is 2.27. The molecule has 2 aliphatic rings. The first-order chi connectivity index (χ1) is 15.2. The number of hydrogen-bond acceptors (Lipinski definition) is 6. The molecule has 0 saturated carbocycles. The van der Waals surface area contributed by atoms with Crippen molar-refractivity contribution in [3.05, 3.63) is 60.4 Å². The number of rotatable bonds is 4. The van der Waals surface area contributed by atoms with E-state index in [1.54, 1.807) is 6.07 Å². The van der Waals surface area contributed by atoms with Gasteiger partial charge in [0.1, 0.15) is 0 Å². The Balaban J connectivity index is 1.24. The molecule has 0 bridgehead atoms. The summed E-state index contributed by atoms with van der Waals surface area (Å²) in [5.74, 6) is 1.90. The van der Waals surface area contributed by atoms with Crippen molar-refractivity contribution in [2.75, 3.05) is 30.1 Å². The summed E-state index contributed by atoms with van der Waals surface area (Å²) in [6, 6.07) is 13.8. The number of piperidine rings is 1. The molecule has 1 fully saturated rings. The van der Waals surface area contributed by atoms with Crippen LogP contribution in [0.3, 0.4) is 0 Å². The van der Waals surface area contributed by atoms with E-state index < -0.39 is 0 Å². The number of carbonyl (C=O) groups excluding carboxylic acids is 1. The normalized spacial score (nSPS) is 17.5. The van der Waals surface area contributed by atoms with Gasteiger partial charge in [-0.05, 0) is 37.5 Å². The van der Waals surface area contributed by atoms with Crippen LogP contribution in [0.1, 0.15) is 18.4 Å². The maximum absolute atomic E-state index is 12.9. The summed E-state index contributed by atoms with van der Waals surface area (Å²) in [6.07, 6.45) is 5.46. The second-order valence-corrected chi connectivity index (χ2v) is 7.98. The zero-order valence-electron chi connectivity index (χ0n) is 17.4. The highest BCUT2D eigenvalue weighted by Crippen LogP contribution is 2.34. The van der Waals surface area contributed by atoms with Crippen molar-refractivity contribution in [2.24, 2.45) is 5.92 Å². The minimum absolute atomic E-state index is 0.000147. The Hall–Kier alpha value is -3.61. The fourth-order valence-electron chi connectivity index (χ4n) is 3.97. The molecule has 0 aliphatic carbocycles. The fraction of sp³-hybridized carbons (Fsp3) is 0.292. The Morgan fingerprint density at radius 3 is 2.61 bits per heavy atom. The lowest BCUT2D eigenvalue weighted by Crippen LogP contribution is -2.41. The van der Waals surface area contributed by atoms with Crippen LogP contribution in [0.4, 0.5) is 11.6 Å². The fourth-order valence-corrected chi connectivity index (χ4v) is 3.97. The van der Waals surface area contributed by atoms with Crippen molar-refractivity contribution in [3.8, 4) is 22.6 Å². The van der Waals surface area contributed by atoms with Gasteiger partial charge in [-0.15, -0.1) is 0 Å². The Morgan fingerprint density at radius 2 is 1.81 bits per heavy atom. The molecule has 2 aliphatic heterocycles. The first-order valence-electron chi connectivity index (χ1n) is 10.5. The molecule has 1 N–H and O–H groups in total. The van der Waals surface area contributed by atoms with Gasteiger partial charge in [-0.2, -0.15) is 0 Å². The predicted octanol–water partition coefficient (Wildman–Crippen LogP) is 4.04. The van der Waals surface area contributed by atoms with Crippen molar-refractivity contribution >= 4 is 17.5 Å². The molecule has 31 heavy (non-hydrogen) atoms. The first kappa shape index (κ1) is 19.4. The maximum atomic E-state index is 12.9. The van der Waals surface area contributed by atoms with Gasteiger partial charge in [0.25, 0.3) is 0 Å². The van der Waals surface area contributed by atoms with Crippen LogP contribution < -0.4 is 19.7 Å². The summed E-state index contributed by atoms with van der Waals surface area (Å²) < 4.78 is 10.7. The minimum Gasteiger partial charge on any atom is -0.454 e. The van der Waals surface area contributed by atoms with Gasteiger partial charge < -0.3 is 19.7 Å². The quantitative estimate of drug-likeness (QED) is 0.692. The van der Waals surface area contributed by atoms with E-state index in [0.29, 0.717) is 29.7 Å². The lowest BCUT2D eigenvalue weighted by molar-refractivity contribution is -0.120. The zero-order chi connectivity index (χ0) is 21.2. The van der Waals surface area contributed by atoms with Gasteiger partial charge in [-0.3, -0.25) is 4.79 Å². The molecule has 7 nitrogen and oxygen atoms in total. The number of ether oxygens (including phenoxy) is 2. The summed E-state index contributed by atoms with van der Waals surface area (Å²) in [7, 11) is 0. The molecule has 1 aromatic heterocycles. The topological polar surface area (TPSA) is 76.6 Å². The molecule has 1 amide bonds. The van der Waals surface area contributed by atoms with Gasteiger partial charge in [0.2, 0.25) is 18.6 Å². The predicted molar refractivity (Wildman–Crippen MR) is 118 cm³/mol. The zero-order valence-corrected chi connectivity index (χ0v) is 17.4. The van der Waals surface area contributed by atoms with E-state index in [1.807, 2.05) is 24.5 Å². The van der Waals surface area contributed by atoms with E-state index in [-0.39, 0.29) is 18.6 Å². The SMILES string of the molecule is Cc1ccc(-c2cnc(N3CCC[C@@H](C(=O)Nc4ccc5c(c4)OCO5)C3)nc2)cc1. The number of nitrogens with zero attached hydrogens (tertiary/aromatic N) is 3. The molecule has 0 radical (unpaired) electrons. The molecule has 0 unspecified atom stereocenters. The third-order valence-electron chi connectivity index (χ3n) is 5.74. The third-order valence-corrected chi connectivity index (χ3v) is 5.74. The number of fused-ring (bicyclic) bond motifs is 1.